The van der Waals surface area contributed by atoms with Crippen LogP contribution in [-0.2, 0) is 21.1 Å². The van der Waals surface area contributed by atoms with Crippen molar-refractivity contribution in [1.29, 1.82) is 0 Å². The molecule has 0 heterocycles. The van der Waals surface area contributed by atoms with Crippen LogP contribution in [0.15, 0.2) is 0 Å². The second-order valence-electron chi connectivity index (χ2n) is 0.224. The molecule has 0 fully saturated rings. The molecule has 0 saturated carbocycles. The number of hydrogen-bond acceptors (Lipinski definition) is 5. The molecular weight excluding hydrogens is 285 g/mol. The summed E-state index contributed by atoms with van der Waals surface area (Å²) in [7, 11) is 0. The Balaban J connectivity index is -0.0000000150. The van der Waals surface area contributed by atoms with E-state index in [4.69, 9.17) is 15.3 Å². The fourth-order valence-corrected chi connectivity index (χ4v) is 0. The fraction of sp³-hybridized carbons (Fsp3) is 0. The molecule has 0 aliphatic carbocycles. The molecule has 0 radical (unpaired) electrons. The van der Waals surface area contributed by atoms with Gasteiger partial charge in [0.15, 0.2) is 0 Å². The van der Waals surface area contributed by atoms with Gasteiger partial charge >= 0.3 is 0 Å². The van der Waals surface area contributed by atoms with E-state index >= 15 is 0 Å². The van der Waals surface area contributed by atoms with E-state index in [0.29, 0.717) is 0 Å². The SMILES string of the molecule is N.N.O=[N+]([O-])[O-].[Pt]. The molecule has 0 saturated heterocycles. The summed E-state index contributed by atoms with van der Waals surface area (Å²) >= 11 is 0. The minimum absolute atomic E-state index is 0. The van der Waals surface area contributed by atoms with E-state index in [1.807, 2.05) is 0 Å². The summed E-state index contributed by atoms with van der Waals surface area (Å²) in [6.07, 6.45) is 0. The molecule has 0 aliphatic heterocycles. The first-order valence-electron chi connectivity index (χ1n) is 0.548. The summed E-state index contributed by atoms with van der Waals surface area (Å²) in [5.74, 6) is 0. The van der Waals surface area contributed by atoms with Crippen LogP contribution in [0.5, 0.6) is 0 Å². The van der Waals surface area contributed by atoms with Gasteiger partial charge in [-0.05, 0) is 0 Å². The molecule has 0 spiro atoms. The number of nitrogens with zero attached hydrogens (tertiary/aromatic N) is 1. The van der Waals surface area contributed by atoms with Gasteiger partial charge in [0.25, 0.3) is 0 Å². The molecule has 6 nitrogen and oxygen atoms in total. The molecule has 50 valence electrons. The first-order chi connectivity index (χ1) is 1.73. The second-order valence-corrected chi connectivity index (χ2v) is 0.224. The van der Waals surface area contributed by atoms with E-state index in [1.54, 1.807) is 0 Å². The fourth-order valence-electron chi connectivity index (χ4n) is 0. The van der Waals surface area contributed by atoms with Crippen molar-refractivity contribution in [3.8, 4) is 0 Å². The average molecular weight is 291 g/mol. The van der Waals surface area contributed by atoms with Crippen molar-refractivity contribution >= 4 is 0 Å². The van der Waals surface area contributed by atoms with Crippen LogP contribution in [-0.4, -0.2) is 5.09 Å². The van der Waals surface area contributed by atoms with Gasteiger partial charge in [-0.2, -0.15) is 0 Å². The second kappa shape index (κ2) is 17.0. The predicted molar refractivity (Wildman–Crippen MR) is 20.4 cm³/mol. The van der Waals surface area contributed by atoms with E-state index in [1.165, 1.54) is 0 Å². The molecule has 0 unspecified atom stereocenters. The van der Waals surface area contributed by atoms with Gasteiger partial charge in [-0.1, -0.05) is 0 Å². The van der Waals surface area contributed by atoms with Crippen LogP contribution < -0.4 is 12.3 Å². The van der Waals surface area contributed by atoms with Gasteiger partial charge in [0, 0.05) is 21.1 Å². The van der Waals surface area contributed by atoms with Crippen LogP contribution in [0.4, 0.5) is 0 Å². The van der Waals surface area contributed by atoms with Gasteiger partial charge in [-0.15, -0.1) is 0 Å². The third-order valence-corrected chi connectivity index (χ3v) is 0. The number of rotatable bonds is 0. The molecule has 0 aromatic heterocycles. The quantitative estimate of drug-likeness (QED) is 0.481. The standard InChI is InChI=1S/NO3.2H3N.Pt/c2-1(3)4;;;/h;2*1H3;/q-1;;;. The molecule has 0 aromatic rings. The Kier molecular flexibility index (Phi) is 70.8. The van der Waals surface area contributed by atoms with Crippen LogP contribution >= 0.6 is 0 Å². The molecule has 7 heavy (non-hydrogen) atoms. The van der Waals surface area contributed by atoms with Crippen LogP contribution in [0.2, 0.25) is 0 Å². The van der Waals surface area contributed by atoms with E-state index in [0.717, 1.165) is 0 Å². The number of hydrogen-bond donors (Lipinski definition) is 2. The van der Waals surface area contributed by atoms with Gasteiger partial charge in [-0.25, -0.2) is 0 Å². The molecule has 0 atom stereocenters. The Hall–Kier alpha value is -0.192. The summed E-state index contributed by atoms with van der Waals surface area (Å²) in [4.78, 5) is 8.25. The van der Waals surface area contributed by atoms with Crippen LogP contribution in [0.3, 0.4) is 0 Å². The zero-order valence-electron chi connectivity index (χ0n) is 3.40. The molecule has 7 heteroatoms. The Morgan fingerprint density at radius 1 is 1.14 bits per heavy atom. The Bertz CT molecular complexity index is 33.2. The normalized spacial score (nSPS) is 3.43. The van der Waals surface area contributed by atoms with Crippen molar-refractivity contribution in [2.24, 2.45) is 0 Å². The maximum Gasteiger partial charge on any atom is 0.0689 e. The maximum atomic E-state index is 8.25. The van der Waals surface area contributed by atoms with Crippen molar-refractivity contribution in [3.05, 3.63) is 15.3 Å². The monoisotopic (exact) mass is 291 g/mol. The first kappa shape index (κ1) is 29.1. The minimum Gasteiger partial charge on any atom is -0.356 e. The molecule has 0 amide bonds. The van der Waals surface area contributed by atoms with Crippen molar-refractivity contribution in [1.82, 2.24) is 12.3 Å². The largest absolute Gasteiger partial charge is 0.356 e. The molecule has 0 bridgehead atoms. The summed E-state index contributed by atoms with van der Waals surface area (Å²) in [5.41, 5.74) is 0. The van der Waals surface area contributed by atoms with Crippen LogP contribution in [0, 0.1) is 15.3 Å². The zero-order chi connectivity index (χ0) is 3.58. The Morgan fingerprint density at radius 2 is 1.14 bits per heavy atom. The molecule has 0 rings (SSSR count). The zero-order valence-corrected chi connectivity index (χ0v) is 5.67. The average Bonchev–Trinajstić information content (AvgIpc) is 0.811. The third kappa shape index (κ3) is 2290. The summed E-state index contributed by atoms with van der Waals surface area (Å²) in [6.45, 7) is 0. The molecular formula is H6N3O3Pt-. The van der Waals surface area contributed by atoms with Crippen molar-refractivity contribution in [2.75, 3.05) is 0 Å². The molecule has 6 N–H and O–H groups in total. The van der Waals surface area contributed by atoms with Crippen molar-refractivity contribution in [3.63, 3.8) is 0 Å². The maximum absolute atomic E-state index is 8.25. The van der Waals surface area contributed by atoms with Gasteiger partial charge in [0.2, 0.25) is 0 Å². The van der Waals surface area contributed by atoms with Gasteiger partial charge in [0.1, 0.15) is 0 Å². The Labute approximate surface area is 54.4 Å². The summed E-state index contributed by atoms with van der Waals surface area (Å²) in [5, 5.41) is 14.8. The van der Waals surface area contributed by atoms with E-state index in [-0.39, 0.29) is 33.4 Å². The van der Waals surface area contributed by atoms with E-state index < -0.39 is 5.09 Å². The predicted octanol–water partition coefficient (Wildman–Crippen LogP) is 0.0824. The Morgan fingerprint density at radius 3 is 1.14 bits per heavy atom. The van der Waals surface area contributed by atoms with E-state index in [2.05, 4.69) is 0 Å². The third-order valence-electron chi connectivity index (χ3n) is 0. The molecule has 0 aromatic carbocycles. The topological polar surface area (TPSA) is 136 Å². The summed E-state index contributed by atoms with van der Waals surface area (Å²) in [6, 6.07) is 0. The van der Waals surface area contributed by atoms with Crippen LogP contribution in [0.1, 0.15) is 0 Å². The summed E-state index contributed by atoms with van der Waals surface area (Å²) < 4.78 is 0. The van der Waals surface area contributed by atoms with Crippen molar-refractivity contribution < 1.29 is 26.2 Å². The van der Waals surface area contributed by atoms with E-state index in [9.17, 15) is 0 Å². The van der Waals surface area contributed by atoms with Gasteiger partial charge in [0.05, 0.1) is 5.09 Å². The molecule has 0 aliphatic rings. The smallest absolute Gasteiger partial charge is 0.0689 e. The van der Waals surface area contributed by atoms with Crippen molar-refractivity contribution in [2.45, 2.75) is 0 Å². The van der Waals surface area contributed by atoms with Gasteiger partial charge in [-0.3, -0.25) is 0 Å². The van der Waals surface area contributed by atoms with Gasteiger partial charge < -0.3 is 27.6 Å². The minimum atomic E-state index is -1.75. The van der Waals surface area contributed by atoms with Crippen LogP contribution in [0.25, 0.3) is 0 Å². The first-order valence-corrected chi connectivity index (χ1v) is 0.548.